The van der Waals surface area contributed by atoms with E-state index in [1.165, 1.54) is 0 Å². The molecule has 1 saturated heterocycles. The van der Waals surface area contributed by atoms with Crippen molar-refractivity contribution < 1.29 is 19.4 Å². The molecule has 0 saturated carbocycles. The first kappa shape index (κ1) is 18.7. The summed E-state index contributed by atoms with van der Waals surface area (Å²) >= 11 is 0. The van der Waals surface area contributed by atoms with Crippen LogP contribution < -0.4 is 0 Å². The Morgan fingerprint density at radius 1 is 1.38 bits per heavy atom. The summed E-state index contributed by atoms with van der Waals surface area (Å²) < 4.78 is 13.0. The van der Waals surface area contributed by atoms with E-state index >= 15 is 0 Å². The van der Waals surface area contributed by atoms with E-state index in [0.717, 1.165) is 16.6 Å². The van der Waals surface area contributed by atoms with Crippen LogP contribution in [0.3, 0.4) is 0 Å². The summed E-state index contributed by atoms with van der Waals surface area (Å²) in [7, 11) is 0. The number of rotatable bonds is 4. The molecule has 1 aromatic carbocycles. The Balaban J connectivity index is 1.87. The average Bonchev–Trinajstić information content (AvgIpc) is 2.92. The number of amides is 1. The number of morpholine rings is 1. The number of aliphatic hydroxyl groups excluding tert-OH is 1. The number of carbonyl (C=O) groups excluding carboxylic acids is 1. The standard InChI is InChI=1S/C19H27N3O4/c1-19(2,3)26-18(24)21-9-11-25-13-14(21)12-17-15-6-4-5-7-16(15)20-22(17)8-10-23/h4-7,14,23H,8-13H2,1-3H3. The second kappa shape index (κ2) is 7.63. The van der Waals surface area contributed by atoms with Gasteiger partial charge in [-0.3, -0.25) is 4.68 Å². The third-order valence-electron chi connectivity index (χ3n) is 4.35. The van der Waals surface area contributed by atoms with Gasteiger partial charge in [0.1, 0.15) is 5.60 Å². The quantitative estimate of drug-likeness (QED) is 0.903. The molecule has 1 unspecified atom stereocenters. The molecule has 1 aromatic heterocycles. The predicted molar refractivity (Wildman–Crippen MR) is 98.1 cm³/mol. The van der Waals surface area contributed by atoms with E-state index < -0.39 is 5.60 Å². The molecule has 1 N–H and O–H groups in total. The number of aliphatic hydroxyl groups is 1. The van der Waals surface area contributed by atoms with Gasteiger partial charge in [0.2, 0.25) is 0 Å². The second-order valence-electron chi connectivity index (χ2n) is 7.52. The van der Waals surface area contributed by atoms with Gasteiger partial charge in [-0.25, -0.2) is 4.79 Å². The minimum atomic E-state index is -0.536. The molecule has 26 heavy (non-hydrogen) atoms. The Kier molecular flexibility index (Phi) is 5.48. The maximum Gasteiger partial charge on any atom is 0.410 e. The van der Waals surface area contributed by atoms with Crippen LogP contribution in [0.5, 0.6) is 0 Å². The predicted octanol–water partition coefficient (Wildman–Crippen LogP) is 2.21. The van der Waals surface area contributed by atoms with Crippen molar-refractivity contribution in [2.75, 3.05) is 26.4 Å². The van der Waals surface area contributed by atoms with E-state index in [1.54, 1.807) is 4.90 Å². The smallest absolute Gasteiger partial charge is 0.410 e. The van der Waals surface area contributed by atoms with Crippen LogP contribution in [0.25, 0.3) is 10.9 Å². The first-order valence-corrected chi connectivity index (χ1v) is 9.01. The molecular weight excluding hydrogens is 334 g/mol. The van der Waals surface area contributed by atoms with Gasteiger partial charge in [-0.1, -0.05) is 18.2 Å². The fourth-order valence-electron chi connectivity index (χ4n) is 3.24. The van der Waals surface area contributed by atoms with E-state index in [4.69, 9.17) is 9.47 Å². The van der Waals surface area contributed by atoms with Crippen LogP contribution >= 0.6 is 0 Å². The van der Waals surface area contributed by atoms with E-state index in [1.807, 2.05) is 49.7 Å². The van der Waals surface area contributed by atoms with Crippen LogP contribution in [0.4, 0.5) is 4.79 Å². The van der Waals surface area contributed by atoms with Crippen molar-refractivity contribution in [2.24, 2.45) is 0 Å². The van der Waals surface area contributed by atoms with Crippen molar-refractivity contribution in [2.45, 2.75) is 45.4 Å². The summed E-state index contributed by atoms with van der Waals surface area (Å²) in [5, 5.41) is 15.0. The van der Waals surface area contributed by atoms with Crippen LogP contribution in [-0.2, 0) is 22.4 Å². The van der Waals surface area contributed by atoms with Crippen molar-refractivity contribution in [3.8, 4) is 0 Å². The second-order valence-corrected chi connectivity index (χ2v) is 7.52. The Bertz CT molecular complexity index is 766. The lowest BCUT2D eigenvalue weighted by Gasteiger charge is -2.36. The molecular formula is C19H27N3O4. The fraction of sp³-hybridized carbons (Fsp3) is 0.579. The summed E-state index contributed by atoms with van der Waals surface area (Å²) in [5.41, 5.74) is 1.35. The van der Waals surface area contributed by atoms with Gasteiger partial charge in [-0.05, 0) is 26.8 Å². The number of carbonyl (C=O) groups is 1. The Labute approximate surface area is 153 Å². The number of aromatic nitrogens is 2. The molecule has 0 bridgehead atoms. The molecule has 3 rings (SSSR count). The van der Waals surface area contributed by atoms with E-state index in [0.29, 0.717) is 32.7 Å². The summed E-state index contributed by atoms with van der Waals surface area (Å²) in [5.74, 6) is 0. The van der Waals surface area contributed by atoms with Crippen molar-refractivity contribution in [3.05, 3.63) is 30.0 Å². The summed E-state index contributed by atoms with van der Waals surface area (Å²) in [6.07, 6.45) is 0.281. The van der Waals surface area contributed by atoms with Gasteiger partial charge in [0.15, 0.2) is 0 Å². The molecule has 2 heterocycles. The van der Waals surface area contributed by atoms with Crippen LogP contribution in [0.15, 0.2) is 24.3 Å². The number of nitrogens with zero attached hydrogens (tertiary/aromatic N) is 3. The van der Waals surface area contributed by atoms with Gasteiger partial charge >= 0.3 is 6.09 Å². The third-order valence-corrected chi connectivity index (χ3v) is 4.35. The van der Waals surface area contributed by atoms with Gasteiger partial charge in [0.05, 0.1) is 37.9 Å². The third kappa shape index (κ3) is 4.16. The molecule has 7 nitrogen and oxygen atoms in total. The Hall–Kier alpha value is -2.12. The highest BCUT2D eigenvalue weighted by molar-refractivity contribution is 5.81. The van der Waals surface area contributed by atoms with Crippen LogP contribution in [-0.4, -0.2) is 63.9 Å². The fourth-order valence-corrected chi connectivity index (χ4v) is 3.24. The number of fused-ring (bicyclic) bond motifs is 1. The van der Waals surface area contributed by atoms with Crippen molar-refractivity contribution >= 4 is 17.0 Å². The normalized spacial score (nSPS) is 18.3. The Morgan fingerprint density at radius 2 is 2.15 bits per heavy atom. The first-order valence-electron chi connectivity index (χ1n) is 9.01. The Morgan fingerprint density at radius 3 is 2.88 bits per heavy atom. The van der Waals surface area contributed by atoms with Crippen molar-refractivity contribution in [1.29, 1.82) is 0 Å². The molecule has 7 heteroatoms. The lowest BCUT2D eigenvalue weighted by atomic mass is 10.1. The zero-order valence-corrected chi connectivity index (χ0v) is 15.6. The van der Waals surface area contributed by atoms with Gasteiger partial charge in [-0.2, -0.15) is 5.10 Å². The minimum Gasteiger partial charge on any atom is -0.444 e. The van der Waals surface area contributed by atoms with E-state index in [2.05, 4.69) is 5.10 Å². The van der Waals surface area contributed by atoms with Gasteiger partial charge < -0.3 is 19.5 Å². The molecule has 0 radical (unpaired) electrons. The van der Waals surface area contributed by atoms with Crippen LogP contribution in [0.2, 0.25) is 0 Å². The van der Waals surface area contributed by atoms with Crippen LogP contribution in [0, 0.1) is 0 Å². The molecule has 0 spiro atoms. The maximum absolute atomic E-state index is 12.6. The van der Waals surface area contributed by atoms with Crippen molar-refractivity contribution in [1.82, 2.24) is 14.7 Å². The van der Waals surface area contributed by atoms with Crippen LogP contribution in [0.1, 0.15) is 26.5 Å². The molecule has 142 valence electrons. The lowest BCUT2D eigenvalue weighted by Crippen LogP contribution is -2.51. The molecule has 1 atom stereocenters. The lowest BCUT2D eigenvalue weighted by molar-refractivity contribution is -0.0323. The largest absolute Gasteiger partial charge is 0.444 e. The van der Waals surface area contributed by atoms with E-state index in [9.17, 15) is 9.90 Å². The number of hydrogen-bond acceptors (Lipinski definition) is 5. The molecule has 1 aliphatic rings. The highest BCUT2D eigenvalue weighted by Crippen LogP contribution is 2.23. The number of hydrogen-bond donors (Lipinski definition) is 1. The SMILES string of the molecule is CC(C)(C)OC(=O)N1CCOCC1Cc1c2ccccc2nn1CCO. The van der Waals surface area contributed by atoms with Crippen molar-refractivity contribution in [3.63, 3.8) is 0 Å². The number of benzene rings is 1. The van der Waals surface area contributed by atoms with Gasteiger partial charge in [0.25, 0.3) is 0 Å². The van der Waals surface area contributed by atoms with Gasteiger partial charge in [0, 0.05) is 24.0 Å². The topological polar surface area (TPSA) is 76.8 Å². The van der Waals surface area contributed by atoms with E-state index in [-0.39, 0.29) is 18.7 Å². The molecule has 2 aromatic rings. The molecule has 1 aliphatic heterocycles. The monoisotopic (exact) mass is 361 g/mol. The highest BCUT2D eigenvalue weighted by atomic mass is 16.6. The summed E-state index contributed by atoms with van der Waals surface area (Å²) in [4.78, 5) is 14.4. The molecule has 1 amide bonds. The summed E-state index contributed by atoms with van der Waals surface area (Å²) in [6, 6.07) is 7.76. The summed E-state index contributed by atoms with van der Waals surface area (Å²) in [6.45, 7) is 7.50. The number of ether oxygens (including phenoxy) is 2. The average molecular weight is 361 g/mol. The minimum absolute atomic E-state index is 0.0118. The molecule has 1 fully saturated rings. The maximum atomic E-state index is 12.6. The zero-order chi connectivity index (χ0) is 18.7. The first-order chi connectivity index (χ1) is 12.4. The van der Waals surface area contributed by atoms with Gasteiger partial charge in [-0.15, -0.1) is 0 Å². The zero-order valence-electron chi connectivity index (χ0n) is 15.6. The highest BCUT2D eigenvalue weighted by Gasteiger charge is 2.32. The molecule has 0 aliphatic carbocycles.